The van der Waals surface area contributed by atoms with Gasteiger partial charge in [-0.2, -0.15) is 0 Å². The lowest BCUT2D eigenvalue weighted by molar-refractivity contribution is 0.0791. The van der Waals surface area contributed by atoms with Gasteiger partial charge in [-0.1, -0.05) is 19.9 Å². The SMILES string of the molecule is CC1(C)CCCN(C(CN)c2ccccn2)C1. The molecule has 1 atom stereocenters. The molecule has 94 valence electrons. The molecule has 1 unspecified atom stereocenters. The Bertz CT molecular complexity index is 348. The van der Waals surface area contributed by atoms with Crippen LogP contribution in [-0.4, -0.2) is 29.5 Å². The molecule has 1 fully saturated rings. The Hall–Kier alpha value is -0.930. The van der Waals surface area contributed by atoms with Gasteiger partial charge in [0, 0.05) is 19.3 Å². The highest BCUT2D eigenvalue weighted by atomic mass is 15.2. The molecule has 0 aromatic carbocycles. The van der Waals surface area contributed by atoms with Crippen LogP contribution >= 0.6 is 0 Å². The van der Waals surface area contributed by atoms with Crippen LogP contribution in [0.2, 0.25) is 0 Å². The fourth-order valence-electron chi connectivity index (χ4n) is 2.76. The summed E-state index contributed by atoms with van der Waals surface area (Å²) in [5.41, 5.74) is 7.45. The first-order chi connectivity index (χ1) is 8.12. The number of hydrogen-bond acceptors (Lipinski definition) is 3. The van der Waals surface area contributed by atoms with Crippen LogP contribution < -0.4 is 5.73 Å². The molecule has 3 heteroatoms. The van der Waals surface area contributed by atoms with Crippen LogP contribution in [0.5, 0.6) is 0 Å². The number of piperidine rings is 1. The second kappa shape index (κ2) is 5.15. The maximum Gasteiger partial charge on any atom is 0.0644 e. The number of rotatable bonds is 3. The van der Waals surface area contributed by atoms with Crippen molar-refractivity contribution in [2.75, 3.05) is 19.6 Å². The van der Waals surface area contributed by atoms with Gasteiger partial charge in [-0.25, -0.2) is 0 Å². The first-order valence-corrected chi connectivity index (χ1v) is 6.47. The zero-order valence-electron chi connectivity index (χ0n) is 10.9. The van der Waals surface area contributed by atoms with Crippen molar-refractivity contribution in [3.8, 4) is 0 Å². The van der Waals surface area contributed by atoms with Gasteiger partial charge in [0.1, 0.15) is 0 Å². The van der Waals surface area contributed by atoms with Gasteiger partial charge in [0.25, 0.3) is 0 Å². The number of hydrogen-bond donors (Lipinski definition) is 1. The molecule has 0 radical (unpaired) electrons. The van der Waals surface area contributed by atoms with E-state index in [1.54, 1.807) is 0 Å². The fourth-order valence-corrected chi connectivity index (χ4v) is 2.76. The summed E-state index contributed by atoms with van der Waals surface area (Å²) in [6, 6.07) is 6.35. The lowest BCUT2D eigenvalue weighted by Gasteiger charge is -2.41. The second-order valence-electron chi connectivity index (χ2n) is 5.74. The molecule has 1 saturated heterocycles. The fraction of sp³-hybridized carbons (Fsp3) is 0.643. The summed E-state index contributed by atoms with van der Waals surface area (Å²) < 4.78 is 0. The van der Waals surface area contributed by atoms with Crippen molar-refractivity contribution >= 4 is 0 Å². The molecule has 2 rings (SSSR count). The van der Waals surface area contributed by atoms with E-state index >= 15 is 0 Å². The van der Waals surface area contributed by atoms with E-state index in [1.807, 2.05) is 18.3 Å². The Labute approximate surface area is 104 Å². The van der Waals surface area contributed by atoms with Crippen LogP contribution in [0.15, 0.2) is 24.4 Å². The van der Waals surface area contributed by atoms with Crippen molar-refractivity contribution in [2.45, 2.75) is 32.7 Å². The molecule has 3 nitrogen and oxygen atoms in total. The Kier molecular flexibility index (Phi) is 3.79. The zero-order valence-corrected chi connectivity index (χ0v) is 10.9. The lowest BCUT2D eigenvalue weighted by Crippen LogP contribution is -2.44. The smallest absolute Gasteiger partial charge is 0.0644 e. The van der Waals surface area contributed by atoms with E-state index in [0.717, 1.165) is 18.8 Å². The first kappa shape index (κ1) is 12.5. The van der Waals surface area contributed by atoms with E-state index in [-0.39, 0.29) is 6.04 Å². The van der Waals surface area contributed by atoms with E-state index in [0.29, 0.717) is 12.0 Å². The standard InChI is InChI=1S/C14H23N3/c1-14(2)7-5-9-17(11-14)13(10-15)12-6-3-4-8-16-12/h3-4,6,8,13H,5,7,9-11,15H2,1-2H3. The monoisotopic (exact) mass is 233 g/mol. The van der Waals surface area contributed by atoms with Gasteiger partial charge >= 0.3 is 0 Å². The molecule has 1 aromatic rings. The molecule has 2 heterocycles. The van der Waals surface area contributed by atoms with Gasteiger partial charge < -0.3 is 5.73 Å². The Morgan fingerprint density at radius 1 is 1.47 bits per heavy atom. The van der Waals surface area contributed by atoms with Gasteiger partial charge in [0.05, 0.1) is 11.7 Å². The van der Waals surface area contributed by atoms with E-state index in [9.17, 15) is 0 Å². The van der Waals surface area contributed by atoms with Crippen LogP contribution in [0.4, 0.5) is 0 Å². The van der Waals surface area contributed by atoms with Gasteiger partial charge in [0.2, 0.25) is 0 Å². The predicted octanol–water partition coefficient (Wildman–Crippen LogP) is 2.20. The Morgan fingerprint density at radius 2 is 2.29 bits per heavy atom. The summed E-state index contributed by atoms with van der Waals surface area (Å²) in [4.78, 5) is 6.94. The number of likely N-dealkylation sites (tertiary alicyclic amines) is 1. The van der Waals surface area contributed by atoms with Crippen molar-refractivity contribution in [1.82, 2.24) is 9.88 Å². The van der Waals surface area contributed by atoms with Gasteiger partial charge in [-0.05, 0) is 36.9 Å². The highest BCUT2D eigenvalue weighted by molar-refractivity contribution is 5.10. The molecule has 1 aromatic heterocycles. The van der Waals surface area contributed by atoms with Crippen LogP contribution in [0.3, 0.4) is 0 Å². The van der Waals surface area contributed by atoms with Crippen LogP contribution in [0, 0.1) is 5.41 Å². The number of nitrogens with zero attached hydrogens (tertiary/aromatic N) is 2. The largest absolute Gasteiger partial charge is 0.329 e. The number of pyridine rings is 1. The summed E-state index contributed by atoms with van der Waals surface area (Å²) in [5, 5.41) is 0. The normalized spacial score (nSPS) is 22.3. The topological polar surface area (TPSA) is 42.1 Å². The average Bonchev–Trinajstić information content (AvgIpc) is 2.30. The molecule has 17 heavy (non-hydrogen) atoms. The molecule has 0 saturated carbocycles. The van der Waals surface area contributed by atoms with Crippen molar-refractivity contribution < 1.29 is 0 Å². The minimum atomic E-state index is 0.274. The third-order valence-corrected chi connectivity index (χ3v) is 3.62. The molecule has 1 aliphatic heterocycles. The summed E-state index contributed by atoms with van der Waals surface area (Å²) in [7, 11) is 0. The van der Waals surface area contributed by atoms with E-state index in [4.69, 9.17) is 5.73 Å². The number of nitrogens with two attached hydrogens (primary N) is 1. The van der Waals surface area contributed by atoms with E-state index < -0.39 is 0 Å². The summed E-state index contributed by atoms with van der Waals surface area (Å²) in [6.07, 6.45) is 4.42. The molecule has 2 N–H and O–H groups in total. The Balaban J connectivity index is 2.13. The highest BCUT2D eigenvalue weighted by Gasteiger charge is 2.30. The molecule has 1 aliphatic rings. The highest BCUT2D eigenvalue weighted by Crippen LogP contribution is 2.32. The first-order valence-electron chi connectivity index (χ1n) is 6.47. The average molecular weight is 233 g/mol. The van der Waals surface area contributed by atoms with Crippen molar-refractivity contribution in [2.24, 2.45) is 11.1 Å². The van der Waals surface area contributed by atoms with Crippen LogP contribution in [-0.2, 0) is 0 Å². The van der Waals surface area contributed by atoms with E-state index in [1.165, 1.54) is 12.8 Å². The maximum atomic E-state index is 5.94. The number of aromatic nitrogens is 1. The van der Waals surface area contributed by atoms with Gasteiger partial charge in [0.15, 0.2) is 0 Å². The predicted molar refractivity (Wildman–Crippen MR) is 70.6 cm³/mol. The minimum absolute atomic E-state index is 0.274. The lowest BCUT2D eigenvalue weighted by atomic mass is 9.83. The third kappa shape index (κ3) is 3.05. The Morgan fingerprint density at radius 3 is 2.88 bits per heavy atom. The van der Waals surface area contributed by atoms with Crippen molar-refractivity contribution in [3.05, 3.63) is 30.1 Å². The van der Waals surface area contributed by atoms with Crippen molar-refractivity contribution in [3.63, 3.8) is 0 Å². The molecule has 0 aliphatic carbocycles. The van der Waals surface area contributed by atoms with Crippen LogP contribution in [0.1, 0.15) is 38.4 Å². The van der Waals surface area contributed by atoms with E-state index in [2.05, 4.69) is 29.8 Å². The van der Waals surface area contributed by atoms with Crippen molar-refractivity contribution in [1.29, 1.82) is 0 Å². The minimum Gasteiger partial charge on any atom is -0.329 e. The summed E-state index contributed by atoms with van der Waals surface area (Å²) in [6.45, 7) is 7.58. The van der Waals surface area contributed by atoms with Gasteiger partial charge in [-0.3, -0.25) is 9.88 Å². The quantitative estimate of drug-likeness (QED) is 0.870. The molecule has 0 spiro atoms. The molecule has 0 amide bonds. The molecular formula is C14H23N3. The second-order valence-corrected chi connectivity index (χ2v) is 5.74. The summed E-state index contributed by atoms with van der Waals surface area (Å²) in [5.74, 6) is 0. The maximum absolute atomic E-state index is 5.94. The molecule has 0 bridgehead atoms. The van der Waals surface area contributed by atoms with Crippen LogP contribution in [0.25, 0.3) is 0 Å². The third-order valence-electron chi connectivity index (χ3n) is 3.62. The summed E-state index contributed by atoms with van der Waals surface area (Å²) >= 11 is 0. The van der Waals surface area contributed by atoms with Gasteiger partial charge in [-0.15, -0.1) is 0 Å². The molecular weight excluding hydrogens is 210 g/mol. The zero-order chi connectivity index (χ0) is 12.3.